The molecule has 0 bridgehead atoms. The highest BCUT2D eigenvalue weighted by Gasteiger charge is 2.09. The van der Waals surface area contributed by atoms with E-state index in [0.29, 0.717) is 6.61 Å². The number of rotatable bonds is 8. The first kappa shape index (κ1) is 15.1. The van der Waals surface area contributed by atoms with E-state index in [0.717, 1.165) is 26.2 Å². The summed E-state index contributed by atoms with van der Waals surface area (Å²) in [6.45, 7) is 10.0. The Bertz CT molecular complexity index is 331. The van der Waals surface area contributed by atoms with Crippen molar-refractivity contribution in [2.45, 2.75) is 39.5 Å². The van der Waals surface area contributed by atoms with Crippen molar-refractivity contribution < 1.29 is 9.47 Å². The maximum absolute atomic E-state index is 5.66. The van der Waals surface area contributed by atoms with Gasteiger partial charge in [0, 0.05) is 32.0 Å². The summed E-state index contributed by atoms with van der Waals surface area (Å²) in [4.78, 5) is 0. The highest BCUT2D eigenvalue weighted by atomic mass is 16.5. The largest absolute Gasteiger partial charge is 0.383 e. The van der Waals surface area contributed by atoms with E-state index in [1.54, 1.807) is 7.11 Å². The van der Waals surface area contributed by atoms with Crippen molar-refractivity contribution in [3.63, 3.8) is 0 Å². The molecule has 0 aromatic carbocycles. The fraction of sp³-hybridized carbons (Fsp3) is 0.769. The topological polar surface area (TPSA) is 48.3 Å². The number of hydrogen-bond donors (Lipinski definition) is 1. The molecule has 0 radical (unpaired) electrons. The molecule has 1 heterocycles. The summed E-state index contributed by atoms with van der Waals surface area (Å²) in [5, 5.41) is 7.59. The maximum Gasteiger partial charge on any atom is 0.0669 e. The van der Waals surface area contributed by atoms with Crippen LogP contribution in [-0.2, 0) is 22.6 Å². The predicted molar refractivity (Wildman–Crippen MR) is 71.5 cm³/mol. The Morgan fingerprint density at radius 2 is 2.11 bits per heavy atom. The minimum atomic E-state index is -0.0856. The standard InChI is InChI=1S/C13H25N3O2/c1-13(2,3)18-8-6-16-11-12(10-15-16)9-14-5-7-17-4/h10-11,14H,5-9H2,1-4H3. The first-order valence-electron chi connectivity index (χ1n) is 6.36. The molecule has 0 unspecified atom stereocenters. The molecular formula is C13H25N3O2. The van der Waals surface area contributed by atoms with E-state index in [2.05, 4.69) is 31.2 Å². The minimum absolute atomic E-state index is 0.0856. The lowest BCUT2D eigenvalue weighted by Gasteiger charge is -2.19. The Morgan fingerprint density at radius 3 is 2.78 bits per heavy atom. The molecule has 104 valence electrons. The molecule has 0 saturated heterocycles. The number of ether oxygens (including phenoxy) is 2. The van der Waals surface area contributed by atoms with E-state index in [1.165, 1.54) is 5.56 Å². The molecule has 1 aromatic rings. The van der Waals surface area contributed by atoms with E-state index in [1.807, 2.05) is 17.1 Å². The summed E-state index contributed by atoms with van der Waals surface area (Å²) in [5.74, 6) is 0. The van der Waals surface area contributed by atoms with Gasteiger partial charge in [0.1, 0.15) is 0 Å². The van der Waals surface area contributed by atoms with Gasteiger partial charge in [-0.15, -0.1) is 0 Å². The first-order chi connectivity index (χ1) is 8.51. The molecular weight excluding hydrogens is 230 g/mol. The second-order valence-electron chi connectivity index (χ2n) is 5.24. The third-order valence-electron chi connectivity index (χ3n) is 2.35. The lowest BCUT2D eigenvalue weighted by molar-refractivity contribution is -0.00790. The Hall–Kier alpha value is -0.910. The summed E-state index contributed by atoms with van der Waals surface area (Å²) in [6.07, 6.45) is 3.93. The van der Waals surface area contributed by atoms with E-state index in [9.17, 15) is 0 Å². The molecule has 1 aromatic heterocycles. The maximum atomic E-state index is 5.66. The van der Waals surface area contributed by atoms with Crippen LogP contribution in [0.4, 0.5) is 0 Å². The van der Waals surface area contributed by atoms with Crippen LogP contribution in [0.2, 0.25) is 0 Å². The van der Waals surface area contributed by atoms with Crippen LogP contribution in [0.25, 0.3) is 0 Å². The van der Waals surface area contributed by atoms with Gasteiger partial charge in [0.2, 0.25) is 0 Å². The number of nitrogens with zero attached hydrogens (tertiary/aromatic N) is 2. The summed E-state index contributed by atoms with van der Waals surface area (Å²) in [7, 11) is 1.70. The van der Waals surface area contributed by atoms with Gasteiger partial charge in [0.05, 0.1) is 31.6 Å². The molecule has 5 heteroatoms. The fourth-order valence-corrected chi connectivity index (χ4v) is 1.47. The molecule has 5 nitrogen and oxygen atoms in total. The average Bonchev–Trinajstić information content (AvgIpc) is 2.71. The second-order valence-corrected chi connectivity index (χ2v) is 5.24. The Labute approximate surface area is 109 Å². The molecule has 0 saturated carbocycles. The van der Waals surface area contributed by atoms with Crippen molar-refractivity contribution in [1.82, 2.24) is 15.1 Å². The van der Waals surface area contributed by atoms with Crippen molar-refractivity contribution in [1.29, 1.82) is 0 Å². The van der Waals surface area contributed by atoms with Crippen molar-refractivity contribution in [3.8, 4) is 0 Å². The summed E-state index contributed by atoms with van der Waals surface area (Å²) >= 11 is 0. The number of methoxy groups -OCH3 is 1. The van der Waals surface area contributed by atoms with Crippen LogP contribution in [0.15, 0.2) is 12.4 Å². The van der Waals surface area contributed by atoms with Gasteiger partial charge in [0.15, 0.2) is 0 Å². The van der Waals surface area contributed by atoms with Gasteiger partial charge in [-0.2, -0.15) is 5.10 Å². The highest BCUT2D eigenvalue weighted by Crippen LogP contribution is 2.06. The third-order valence-corrected chi connectivity index (χ3v) is 2.35. The monoisotopic (exact) mass is 255 g/mol. The zero-order valence-corrected chi connectivity index (χ0v) is 11.9. The van der Waals surface area contributed by atoms with Crippen LogP contribution in [-0.4, -0.2) is 42.2 Å². The van der Waals surface area contributed by atoms with Crippen molar-refractivity contribution in [3.05, 3.63) is 18.0 Å². The SMILES string of the molecule is COCCNCc1cnn(CCOC(C)(C)C)c1. The van der Waals surface area contributed by atoms with Crippen LogP contribution >= 0.6 is 0 Å². The second kappa shape index (κ2) is 7.51. The normalized spacial score (nSPS) is 12.0. The van der Waals surface area contributed by atoms with Gasteiger partial charge in [-0.05, 0) is 20.8 Å². The zero-order chi connectivity index (χ0) is 13.4. The number of aromatic nitrogens is 2. The summed E-state index contributed by atoms with van der Waals surface area (Å²) in [6, 6.07) is 0. The Balaban J connectivity index is 2.21. The molecule has 0 atom stereocenters. The van der Waals surface area contributed by atoms with Crippen molar-refractivity contribution >= 4 is 0 Å². The van der Waals surface area contributed by atoms with Crippen LogP contribution in [0.1, 0.15) is 26.3 Å². The molecule has 0 spiro atoms. The van der Waals surface area contributed by atoms with Gasteiger partial charge in [0.25, 0.3) is 0 Å². The number of nitrogens with one attached hydrogen (secondary N) is 1. The molecule has 0 fully saturated rings. The van der Waals surface area contributed by atoms with Gasteiger partial charge in [-0.1, -0.05) is 0 Å². The Morgan fingerprint density at radius 1 is 1.33 bits per heavy atom. The summed E-state index contributed by atoms with van der Waals surface area (Å²) < 4.78 is 12.5. The highest BCUT2D eigenvalue weighted by molar-refractivity contribution is 5.03. The van der Waals surface area contributed by atoms with Gasteiger partial charge < -0.3 is 14.8 Å². The van der Waals surface area contributed by atoms with Crippen LogP contribution in [0, 0.1) is 0 Å². The van der Waals surface area contributed by atoms with Crippen molar-refractivity contribution in [2.24, 2.45) is 0 Å². The molecule has 0 amide bonds. The fourth-order valence-electron chi connectivity index (χ4n) is 1.47. The molecule has 18 heavy (non-hydrogen) atoms. The van der Waals surface area contributed by atoms with E-state index < -0.39 is 0 Å². The zero-order valence-electron chi connectivity index (χ0n) is 11.9. The van der Waals surface area contributed by atoms with E-state index in [-0.39, 0.29) is 5.60 Å². The van der Waals surface area contributed by atoms with Gasteiger partial charge >= 0.3 is 0 Å². The number of hydrogen-bond acceptors (Lipinski definition) is 4. The van der Waals surface area contributed by atoms with Crippen molar-refractivity contribution in [2.75, 3.05) is 26.9 Å². The summed E-state index contributed by atoms with van der Waals surface area (Å²) in [5.41, 5.74) is 1.10. The lowest BCUT2D eigenvalue weighted by Crippen LogP contribution is -2.22. The van der Waals surface area contributed by atoms with Crippen LogP contribution in [0.5, 0.6) is 0 Å². The van der Waals surface area contributed by atoms with Gasteiger partial charge in [-0.25, -0.2) is 0 Å². The molecule has 1 N–H and O–H groups in total. The Kier molecular flexibility index (Phi) is 6.32. The quantitative estimate of drug-likeness (QED) is 0.714. The molecule has 0 aliphatic carbocycles. The molecule has 0 aliphatic rings. The first-order valence-corrected chi connectivity index (χ1v) is 6.36. The lowest BCUT2D eigenvalue weighted by atomic mass is 10.2. The van der Waals surface area contributed by atoms with E-state index in [4.69, 9.17) is 9.47 Å². The average molecular weight is 255 g/mol. The van der Waals surface area contributed by atoms with Gasteiger partial charge in [-0.3, -0.25) is 4.68 Å². The molecule has 1 rings (SSSR count). The smallest absolute Gasteiger partial charge is 0.0669 e. The third kappa shape index (κ3) is 6.74. The van der Waals surface area contributed by atoms with Crippen LogP contribution < -0.4 is 5.32 Å². The molecule has 0 aliphatic heterocycles. The predicted octanol–water partition coefficient (Wildman–Crippen LogP) is 1.43. The minimum Gasteiger partial charge on any atom is -0.383 e. The van der Waals surface area contributed by atoms with Crippen LogP contribution in [0.3, 0.4) is 0 Å². The van der Waals surface area contributed by atoms with E-state index >= 15 is 0 Å².